The number of rotatable bonds is 6. The maximum Gasteiger partial charge on any atom is 0.224 e. The van der Waals surface area contributed by atoms with Crippen LogP contribution in [0.2, 0.25) is 0 Å². The molecule has 0 atom stereocenters. The molecule has 0 spiro atoms. The number of hydrogen-bond donors (Lipinski definition) is 1. The zero-order valence-electron chi connectivity index (χ0n) is 13.2. The van der Waals surface area contributed by atoms with Crippen molar-refractivity contribution in [3.63, 3.8) is 0 Å². The summed E-state index contributed by atoms with van der Waals surface area (Å²) in [6.07, 6.45) is 0.369. The summed E-state index contributed by atoms with van der Waals surface area (Å²) in [5.41, 5.74) is 0.983. The molecule has 0 unspecified atom stereocenters. The average molecular weight is 384 g/mol. The van der Waals surface area contributed by atoms with Crippen LogP contribution in [0.3, 0.4) is 0 Å². The van der Waals surface area contributed by atoms with Gasteiger partial charge in [-0.05, 0) is 29.1 Å². The van der Waals surface area contributed by atoms with Gasteiger partial charge in [-0.2, -0.15) is 0 Å². The first-order valence-electron chi connectivity index (χ1n) is 7.84. The standard InChI is InChI=1S/C20H18BrNO2/c21-17-8-3-5-15(13-17)14-20(23)22-11-12-24-19-10-4-7-16-6-1-2-9-18(16)19/h1-10,13H,11-12,14H2,(H,22,23). The van der Waals surface area contributed by atoms with E-state index in [-0.39, 0.29) is 5.91 Å². The molecule has 4 heteroatoms. The van der Waals surface area contributed by atoms with Crippen molar-refractivity contribution in [1.82, 2.24) is 5.32 Å². The van der Waals surface area contributed by atoms with Crippen LogP contribution in [-0.2, 0) is 11.2 Å². The molecule has 0 aliphatic rings. The highest BCUT2D eigenvalue weighted by Gasteiger charge is 2.04. The molecule has 0 saturated carbocycles. The van der Waals surface area contributed by atoms with Crippen molar-refractivity contribution in [2.75, 3.05) is 13.2 Å². The predicted octanol–water partition coefficient (Wildman–Crippen LogP) is 4.34. The van der Waals surface area contributed by atoms with Gasteiger partial charge in [0.1, 0.15) is 12.4 Å². The average Bonchev–Trinajstić information content (AvgIpc) is 2.59. The van der Waals surface area contributed by atoms with Gasteiger partial charge >= 0.3 is 0 Å². The third-order valence-electron chi connectivity index (χ3n) is 3.69. The molecule has 3 aromatic rings. The third kappa shape index (κ3) is 4.36. The number of carbonyl (C=O) groups excluding carboxylic acids is 1. The van der Waals surface area contributed by atoms with Gasteiger partial charge in [-0.15, -0.1) is 0 Å². The van der Waals surface area contributed by atoms with Gasteiger partial charge in [-0.1, -0.05) is 64.5 Å². The lowest BCUT2D eigenvalue weighted by atomic mass is 10.1. The Morgan fingerprint density at radius 2 is 1.79 bits per heavy atom. The van der Waals surface area contributed by atoms with Crippen molar-refractivity contribution >= 4 is 32.6 Å². The molecule has 3 aromatic carbocycles. The zero-order chi connectivity index (χ0) is 16.8. The summed E-state index contributed by atoms with van der Waals surface area (Å²) in [6.45, 7) is 0.925. The van der Waals surface area contributed by atoms with Crippen LogP contribution in [-0.4, -0.2) is 19.1 Å². The van der Waals surface area contributed by atoms with Crippen molar-refractivity contribution in [2.45, 2.75) is 6.42 Å². The van der Waals surface area contributed by atoms with Crippen LogP contribution in [0.4, 0.5) is 0 Å². The number of amides is 1. The number of fused-ring (bicyclic) bond motifs is 1. The summed E-state index contributed by atoms with van der Waals surface area (Å²) in [5.74, 6) is 0.837. The lowest BCUT2D eigenvalue weighted by Crippen LogP contribution is -2.29. The smallest absolute Gasteiger partial charge is 0.224 e. The Kier molecular flexibility index (Phi) is 5.49. The molecule has 0 fully saturated rings. The summed E-state index contributed by atoms with van der Waals surface area (Å²) < 4.78 is 6.80. The second-order valence-corrected chi connectivity index (χ2v) is 6.40. The Labute approximate surface area is 149 Å². The van der Waals surface area contributed by atoms with Gasteiger partial charge in [-0.25, -0.2) is 0 Å². The normalized spacial score (nSPS) is 10.5. The summed E-state index contributed by atoms with van der Waals surface area (Å²) >= 11 is 3.41. The minimum Gasteiger partial charge on any atom is -0.491 e. The third-order valence-corrected chi connectivity index (χ3v) is 4.18. The Hall–Kier alpha value is -2.33. The number of hydrogen-bond acceptors (Lipinski definition) is 2. The van der Waals surface area contributed by atoms with Crippen molar-refractivity contribution < 1.29 is 9.53 Å². The molecule has 0 radical (unpaired) electrons. The first-order chi connectivity index (χ1) is 11.7. The SMILES string of the molecule is O=C(Cc1cccc(Br)c1)NCCOc1cccc2ccccc12. The van der Waals surface area contributed by atoms with Crippen LogP contribution in [0.1, 0.15) is 5.56 Å². The van der Waals surface area contributed by atoms with E-state index in [0.717, 1.165) is 26.6 Å². The van der Waals surface area contributed by atoms with E-state index in [1.54, 1.807) is 0 Å². The highest BCUT2D eigenvalue weighted by atomic mass is 79.9. The monoisotopic (exact) mass is 383 g/mol. The molecule has 0 bridgehead atoms. The van der Waals surface area contributed by atoms with Crippen LogP contribution in [0.15, 0.2) is 71.2 Å². The Morgan fingerprint density at radius 3 is 2.67 bits per heavy atom. The van der Waals surface area contributed by atoms with E-state index in [0.29, 0.717) is 19.6 Å². The van der Waals surface area contributed by atoms with Gasteiger partial charge < -0.3 is 10.1 Å². The van der Waals surface area contributed by atoms with Gasteiger partial charge in [0.2, 0.25) is 5.91 Å². The van der Waals surface area contributed by atoms with Crippen molar-refractivity contribution in [3.8, 4) is 5.75 Å². The van der Waals surface area contributed by atoms with Crippen LogP contribution >= 0.6 is 15.9 Å². The lowest BCUT2D eigenvalue weighted by Gasteiger charge is -2.10. The first-order valence-corrected chi connectivity index (χ1v) is 8.63. The minimum atomic E-state index is -0.00498. The van der Waals surface area contributed by atoms with Crippen LogP contribution in [0.5, 0.6) is 5.75 Å². The molecule has 122 valence electrons. The maximum absolute atomic E-state index is 12.0. The summed E-state index contributed by atoms with van der Waals surface area (Å²) in [7, 11) is 0. The van der Waals surface area contributed by atoms with Gasteiger partial charge in [0.15, 0.2) is 0 Å². The van der Waals surface area contributed by atoms with Crippen molar-refractivity contribution in [1.29, 1.82) is 0 Å². The number of halogens is 1. The van der Waals surface area contributed by atoms with E-state index in [1.165, 1.54) is 0 Å². The van der Waals surface area contributed by atoms with E-state index in [2.05, 4.69) is 33.4 Å². The highest BCUT2D eigenvalue weighted by molar-refractivity contribution is 9.10. The van der Waals surface area contributed by atoms with Crippen LogP contribution in [0, 0.1) is 0 Å². The van der Waals surface area contributed by atoms with Gasteiger partial charge in [-0.3, -0.25) is 4.79 Å². The predicted molar refractivity (Wildman–Crippen MR) is 100 cm³/mol. The molecular formula is C20H18BrNO2. The lowest BCUT2D eigenvalue weighted by molar-refractivity contribution is -0.120. The number of carbonyl (C=O) groups is 1. The Bertz CT molecular complexity index is 842. The topological polar surface area (TPSA) is 38.3 Å². The Morgan fingerprint density at radius 1 is 1.00 bits per heavy atom. The Balaban J connectivity index is 1.49. The largest absolute Gasteiger partial charge is 0.491 e. The summed E-state index contributed by atoms with van der Waals surface area (Å²) in [4.78, 5) is 12.0. The molecule has 0 aliphatic carbocycles. The molecule has 3 rings (SSSR count). The number of benzene rings is 3. The van der Waals surface area contributed by atoms with Crippen LogP contribution < -0.4 is 10.1 Å². The quantitative estimate of drug-likeness (QED) is 0.642. The highest BCUT2D eigenvalue weighted by Crippen LogP contribution is 2.24. The van der Waals surface area contributed by atoms with Gasteiger partial charge in [0.05, 0.1) is 13.0 Å². The zero-order valence-corrected chi connectivity index (χ0v) is 14.8. The molecule has 0 saturated heterocycles. The van der Waals surface area contributed by atoms with Crippen molar-refractivity contribution in [2.24, 2.45) is 0 Å². The van der Waals surface area contributed by atoms with E-state index in [4.69, 9.17) is 4.74 Å². The molecule has 0 aromatic heterocycles. The molecular weight excluding hydrogens is 366 g/mol. The summed E-state index contributed by atoms with van der Waals surface area (Å²) in [5, 5.41) is 5.12. The van der Waals surface area contributed by atoms with Crippen LogP contribution in [0.25, 0.3) is 10.8 Å². The molecule has 0 heterocycles. The van der Waals surface area contributed by atoms with E-state index < -0.39 is 0 Å². The maximum atomic E-state index is 12.0. The van der Waals surface area contributed by atoms with E-state index in [1.807, 2.05) is 54.6 Å². The van der Waals surface area contributed by atoms with Gasteiger partial charge in [0.25, 0.3) is 0 Å². The fourth-order valence-corrected chi connectivity index (χ4v) is 3.01. The second-order valence-electron chi connectivity index (χ2n) is 5.48. The van der Waals surface area contributed by atoms with Gasteiger partial charge in [0, 0.05) is 9.86 Å². The van der Waals surface area contributed by atoms with Crippen molar-refractivity contribution in [3.05, 3.63) is 76.8 Å². The molecule has 3 nitrogen and oxygen atoms in total. The number of nitrogens with one attached hydrogen (secondary N) is 1. The first kappa shape index (κ1) is 16.5. The summed E-state index contributed by atoms with van der Waals surface area (Å²) in [6, 6.07) is 21.8. The van der Waals surface area contributed by atoms with E-state index in [9.17, 15) is 4.79 Å². The second kappa shape index (κ2) is 7.97. The molecule has 24 heavy (non-hydrogen) atoms. The molecule has 1 N–H and O–H groups in total. The minimum absolute atomic E-state index is 0.00498. The van der Waals surface area contributed by atoms with E-state index >= 15 is 0 Å². The fraction of sp³-hybridized carbons (Fsp3) is 0.150. The molecule has 0 aliphatic heterocycles. The number of ether oxygens (including phenoxy) is 1. The molecule has 1 amide bonds. The fourth-order valence-electron chi connectivity index (χ4n) is 2.57.